The number of nitrogens with one attached hydrogen (secondary N) is 1. The van der Waals surface area contributed by atoms with Gasteiger partial charge in [-0.3, -0.25) is 0 Å². The van der Waals surface area contributed by atoms with Crippen molar-refractivity contribution in [2.75, 3.05) is 13.1 Å². The van der Waals surface area contributed by atoms with Crippen LogP contribution in [0.2, 0.25) is 0 Å². The Morgan fingerprint density at radius 1 is 1.25 bits per heavy atom. The van der Waals surface area contributed by atoms with E-state index >= 15 is 0 Å². The van der Waals surface area contributed by atoms with Crippen molar-refractivity contribution in [3.8, 4) is 0 Å². The molecule has 1 aromatic rings. The lowest BCUT2D eigenvalue weighted by molar-refractivity contribution is 0.351. The van der Waals surface area contributed by atoms with Crippen LogP contribution >= 0.6 is 0 Å². The summed E-state index contributed by atoms with van der Waals surface area (Å²) in [5.41, 5.74) is 6.32. The van der Waals surface area contributed by atoms with Crippen LogP contribution in [0.1, 0.15) is 19.4 Å². The third kappa shape index (κ3) is 3.87. The third-order valence-corrected chi connectivity index (χ3v) is 2.47. The summed E-state index contributed by atoms with van der Waals surface area (Å²) in [5, 5.41) is 3.17. The standard InChI is InChI=1S/C12H18F2N2/c1-12(2,7-15)8-16-6-9-3-4-10(13)11(14)5-9/h3-5,16H,6-8,15H2,1-2H3. The van der Waals surface area contributed by atoms with Crippen molar-refractivity contribution >= 4 is 0 Å². The lowest BCUT2D eigenvalue weighted by Gasteiger charge is -2.22. The van der Waals surface area contributed by atoms with E-state index in [4.69, 9.17) is 5.73 Å². The predicted octanol–water partition coefficient (Wildman–Crippen LogP) is 2.04. The molecule has 0 aliphatic heterocycles. The summed E-state index contributed by atoms with van der Waals surface area (Å²) in [7, 11) is 0. The van der Waals surface area contributed by atoms with Gasteiger partial charge in [0.25, 0.3) is 0 Å². The maximum absolute atomic E-state index is 12.9. The van der Waals surface area contributed by atoms with Gasteiger partial charge >= 0.3 is 0 Å². The van der Waals surface area contributed by atoms with Gasteiger partial charge in [-0.1, -0.05) is 19.9 Å². The maximum Gasteiger partial charge on any atom is 0.159 e. The Bertz CT molecular complexity index is 351. The lowest BCUT2D eigenvalue weighted by Crippen LogP contribution is -2.35. The highest BCUT2D eigenvalue weighted by Gasteiger charge is 2.14. The molecule has 0 aromatic heterocycles. The summed E-state index contributed by atoms with van der Waals surface area (Å²) in [6.07, 6.45) is 0. The van der Waals surface area contributed by atoms with Gasteiger partial charge in [0.1, 0.15) is 0 Å². The van der Waals surface area contributed by atoms with Crippen LogP contribution in [-0.4, -0.2) is 13.1 Å². The fourth-order valence-electron chi connectivity index (χ4n) is 1.27. The first-order valence-electron chi connectivity index (χ1n) is 5.29. The second kappa shape index (κ2) is 5.37. The van der Waals surface area contributed by atoms with E-state index in [1.54, 1.807) is 6.07 Å². The van der Waals surface area contributed by atoms with Crippen molar-refractivity contribution in [2.45, 2.75) is 20.4 Å². The largest absolute Gasteiger partial charge is 0.330 e. The van der Waals surface area contributed by atoms with E-state index in [0.717, 1.165) is 18.2 Å². The van der Waals surface area contributed by atoms with E-state index in [2.05, 4.69) is 5.32 Å². The quantitative estimate of drug-likeness (QED) is 0.809. The molecule has 0 amide bonds. The lowest BCUT2D eigenvalue weighted by atomic mass is 9.94. The van der Waals surface area contributed by atoms with Gasteiger partial charge in [0, 0.05) is 13.1 Å². The average molecular weight is 228 g/mol. The summed E-state index contributed by atoms with van der Waals surface area (Å²) in [6.45, 7) is 5.93. The zero-order valence-corrected chi connectivity index (χ0v) is 9.69. The van der Waals surface area contributed by atoms with Crippen LogP contribution in [-0.2, 0) is 6.54 Å². The molecule has 0 spiro atoms. The second-order valence-electron chi connectivity index (χ2n) is 4.72. The van der Waals surface area contributed by atoms with Crippen molar-refractivity contribution in [1.29, 1.82) is 0 Å². The summed E-state index contributed by atoms with van der Waals surface area (Å²) in [5.74, 6) is -1.62. The minimum absolute atomic E-state index is 0.0125. The molecule has 0 saturated heterocycles. The molecule has 0 saturated carbocycles. The average Bonchev–Trinajstić information content (AvgIpc) is 2.23. The van der Waals surface area contributed by atoms with Crippen molar-refractivity contribution in [2.24, 2.45) is 11.1 Å². The fourth-order valence-corrected chi connectivity index (χ4v) is 1.27. The van der Waals surface area contributed by atoms with Crippen molar-refractivity contribution in [3.63, 3.8) is 0 Å². The van der Waals surface area contributed by atoms with Crippen LogP contribution in [0.15, 0.2) is 18.2 Å². The normalized spacial score (nSPS) is 11.8. The second-order valence-corrected chi connectivity index (χ2v) is 4.72. The third-order valence-electron chi connectivity index (χ3n) is 2.47. The zero-order chi connectivity index (χ0) is 12.2. The first kappa shape index (κ1) is 13.1. The molecule has 0 fully saturated rings. The first-order valence-corrected chi connectivity index (χ1v) is 5.29. The summed E-state index contributed by atoms with van der Waals surface area (Å²) in [6, 6.07) is 3.92. The van der Waals surface area contributed by atoms with E-state index in [0.29, 0.717) is 13.1 Å². The number of hydrogen-bond acceptors (Lipinski definition) is 2. The molecule has 90 valence electrons. The zero-order valence-electron chi connectivity index (χ0n) is 9.69. The minimum atomic E-state index is -0.814. The first-order chi connectivity index (χ1) is 7.44. The Morgan fingerprint density at radius 3 is 2.50 bits per heavy atom. The maximum atomic E-state index is 12.9. The van der Waals surface area contributed by atoms with Crippen LogP contribution in [0.25, 0.3) is 0 Å². The smallest absolute Gasteiger partial charge is 0.159 e. The van der Waals surface area contributed by atoms with Gasteiger partial charge in [0.15, 0.2) is 11.6 Å². The monoisotopic (exact) mass is 228 g/mol. The highest BCUT2D eigenvalue weighted by molar-refractivity contribution is 5.17. The van der Waals surface area contributed by atoms with Gasteiger partial charge in [-0.25, -0.2) is 8.78 Å². The number of nitrogens with two attached hydrogens (primary N) is 1. The van der Waals surface area contributed by atoms with Gasteiger partial charge in [-0.15, -0.1) is 0 Å². The van der Waals surface area contributed by atoms with Crippen molar-refractivity contribution < 1.29 is 8.78 Å². The number of benzene rings is 1. The predicted molar refractivity (Wildman–Crippen MR) is 60.9 cm³/mol. The fraction of sp³-hybridized carbons (Fsp3) is 0.500. The Morgan fingerprint density at radius 2 is 1.94 bits per heavy atom. The number of halogens is 2. The van der Waals surface area contributed by atoms with Gasteiger partial charge < -0.3 is 11.1 Å². The number of rotatable bonds is 5. The Balaban J connectivity index is 2.46. The number of hydrogen-bond donors (Lipinski definition) is 2. The van der Waals surface area contributed by atoms with Crippen LogP contribution in [0.3, 0.4) is 0 Å². The Labute approximate surface area is 94.8 Å². The summed E-state index contributed by atoms with van der Waals surface area (Å²) >= 11 is 0. The van der Waals surface area contributed by atoms with Crippen molar-refractivity contribution in [1.82, 2.24) is 5.32 Å². The van der Waals surface area contributed by atoms with Gasteiger partial charge in [0.2, 0.25) is 0 Å². The highest BCUT2D eigenvalue weighted by atomic mass is 19.2. The van der Waals surface area contributed by atoms with Crippen LogP contribution in [0.5, 0.6) is 0 Å². The van der Waals surface area contributed by atoms with Gasteiger partial charge in [0.05, 0.1) is 0 Å². The van der Waals surface area contributed by atoms with Gasteiger partial charge in [-0.05, 0) is 29.7 Å². The molecule has 2 nitrogen and oxygen atoms in total. The summed E-state index contributed by atoms with van der Waals surface area (Å²) < 4.78 is 25.5. The molecule has 0 heterocycles. The van der Waals surface area contributed by atoms with E-state index in [9.17, 15) is 8.78 Å². The van der Waals surface area contributed by atoms with Crippen LogP contribution in [0.4, 0.5) is 8.78 Å². The molecule has 0 aliphatic carbocycles. The minimum Gasteiger partial charge on any atom is -0.330 e. The molecule has 0 atom stereocenters. The molecular weight excluding hydrogens is 210 g/mol. The SMILES string of the molecule is CC(C)(CN)CNCc1ccc(F)c(F)c1. The molecule has 0 unspecified atom stereocenters. The van der Waals surface area contributed by atoms with Crippen LogP contribution in [0, 0.1) is 17.0 Å². The molecule has 0 radical (unpaired) electrons. The van der Waals surface area contributed by atoms with E-state index in [1.807, 2.05) is 13.8 Å². The highest BCUT2D eigenvalue weighted by Crippen LogP contribution is 2.12. The molecule has 1 aromatic carbocycles. The molecule has 0 aliphatic rings. The molecule has 16 heavy (non-hydrogen) atoms. The van der Waals surface area contributed by atoms with Crippen LogP contribution < -0.4 is 11.1 Å². The molecular formula is C12H18F2N2. The van der Waals surface area contributed by atoms with E-state index < -0.39 is 11.6 Å². The molecule has 4 heteroatoms. The summed E-state index contributed by atoms with van der Waals surface area (Å²) in [4.78, 5) is 0. The van der Waals surface area contributed by atoms with E-state index in [1.165, 1.54) is 6.07 Å². The Hall–Kier alpha value is -1.00. The molecule has 0 bridgehead atoms. The Kier molecular flexibility index (Phi) is 4.38. The van der Waals surface area contributed by atoms with Crippen molar-refractivity contribution in [3.05, 3.63) is 35.4 Å². The topological polar surface area (TPSA) is 38.0 Å². The van der Waals surface area contributed by atoms with E-state index in [-0.39, 0.29) is 5.41 Å². The molecule has 1 rings (SSSR count). The molecule has 3 N–H and O–H groups in total. The van der Waals surface area contributed by atoms with Gasteiger partial charge in [-0.2, -0.15) is 0 Å².